The van der Waals surface area contributed by atoms with Crippen molar-refractivity contribution in [3.05, 3.63) is 45.5 Å². The Bertz CT molecular complexity index is 941. The number of ether oxygens (including phenoxy) is 6. The fraction of sp³-hybridized carbons (Fsp3) is 0.571. The van der Waals surface area contributed by atoms with Crippen LogP contribution in [-0.4, -0.2) is 53.7 Å². The van der Waals surface area contributed by atoms with E-state index in [1.54, 1.807) is 28.4 Å². The van der Waals surface area contributed by atoms with Crippen LogP contribution in [0.15, 0.2) is 12.1 Å². The third-order valence-electron chi connectivity index (χ3n) is 6.48. The van der Waals surface area contributed by atoms with Gasteiger partial charge in [-0.3, -0.25) is 0 Å². The Hall–Kier alpha value is -2.52. The van der Waals surface area contributed by atoms with Gasteiger partial charge >= 0.3 is 0 Å². The third kappa shape index (κ3) is 6.42. The van der Waals surface area contributed by atoms with Gasteiger partial charge in [-0.05, 0) is 62.8 Å². The molecule has 8 heteroatoms. The molecule has 4 N–H and O–H groups in total. The summed E-state index contributed by atoms with van der Waals surface area (Å²) in [4.78, 5) is 0. The van der Waals surface area contributed by atoms with Crippen molar-refractivity contribution in [2.75, 3.05) is 41.7 Å². The maximum Gasteiger partial charge on any atom is 0.128 e. The predicted molar refractivity (Wildman–Crippen MR) is 141 cm³/mol. The highest BCUT2D eigenvalue weighted by atomic mass is 16.5. The van der Waals surface area contributed by atoms with Crippen molar-refractivity contribution in [2.24, 2.45) is 11.5 Å². The molecule has 4 rings (SSSR count). The molecule has 200 valence electrons. The van der Waals surface area contributed by atoms with Crippen LogP contribution >= 0.6 is 0 Å². The normalized spacial score (nSPS) is 16.0. The fourth-order valence-corrected chi connectivity index (χ4v) is 5.00. The van der Waals surface area contributed by atoms with E-state index in [2.05, 4.69) is 0 Å². The summed E-state index contributed by atoms with van der Waals surface area (Å²) in [6.45, 7) is 6.62. The van der Waals surface area contributed by atoms with Crippen molar-refractivity contribution in [3.63, 3.8) is 0 Å². The van der Waals surface area contributed by atoms with E-state index in [0.717, 1.165) is 84.1 Å². The molecule has 2 heterocycles. The zero-order valence-electron chi connectivity index (χ0n) is 22.6. The molecule has 8 nitrogen and oxygen atoms in total. The van der Waals surface area contributed by atoms with E-state index >= 15 is 0 Å². The van der Waals surface area contributed by atoms with Crippen LogP contribution in [0, 0.1) is 0 Å². The summed E-state index contributed by atoms with van der Waals surface area (Å²) in [7, 11) is 6.79. The first-order valence-corrected chi connectivity index (χ1v) is 12.5. The van der Waals surface area contributed by atoms with Crippen LogP contribution in [0.2, 0.25) is 0 Å². The topological polar surface area (TPSA) is 107 Å². The summed E-state index contributed by atoms with van der Waals surface area (Å²) in [5, 5.41) is 0. The molecule has 0 saturated heterocycles. The third-order valence-corrected chi connectivity index (χ3v) is 6.48. The van der Waals surface area contributed by atoms with Crippen molar-refractivity contribution < 1.29 is 28.4 Å². The molecule has 0 saturated carbocycles. The second-order valence-electron chi connectivity index (χ2n) is 9.42. The summed E-state index contributed by atoms with van der Waals surface area (Å²) >= 11 is 0. The van der Waals surface area contributed by atoms with Crippen molar-refractivity contribution >= 4 is 0 Å². The molecule has 36 heavy (non-hydrogen) atoms. The van der Waals surface area contributed by atoms with Gasteiger partial charge < -0.3 is 39.9 Å². The minimum atomic E-state index is 0.0890. The van der Waals surface area contributed by atoms with E-state index in [1.807, 2.05) is 26.0 Å². The Morgan fingerprint density at radius 3 is 1.36 bits per heavy atom. The monoisotopic (exact) mass is 502 g/mol. The van der Waals surface area contributed by atoms with Gasteiger partial charge in [0.15, 0.2) is 0 Å². The lowest BCUT2D eigenvalue weighted by Gasteiger charge is -2.24. The van der Waals surface area contributed by atoms with Crippen LogP contribution in [0.3, 0.4) is 0 Å². The molecule has 0 spiro atoms. The van der Waals surface area contributed by atoms with Crippen LogP contribution in [0.25, 0.3) is 0 Å². The van der Waals surface area contributed by atoms with Gasteiger partial charge in [0.05, 0.1) is 54.9 Å². The quantitative estimate of drug-likeness (QED) is 0.566. The minimum Gasteiger partial charge on any atom is -0.496 e. The molecule has 0 radical (unpaired) electrons. The number of rotatable bonds is 8. The number of benzene rings is 2. The molecule has 2 aliphatic rings. The second-order valence-corrected chi connectivity index (χ2v) is 9.42. The van der Waals surface area contributed by atoms with Crippen LogP contribution in [-0.2, 0) is 48.4 Å². The summed E-state index contributed by atoms with van der Waals surface area (Å²) in [5.41, 5.74) is 18.6. The highest BCUT2D eigenvalue weighted by Crippen LogP contribution is 2.39. The standard InChI is InChI=1S/2C14H21NO3/c2*1-9(15)6-10-7-13(16-2)11-4-5-18-8-12(11)14(10)17-3/h2*7,9H,4-6,8,15H2,1-3H3. The van der Waals surface area contributed by atoms with E-state index < -0.39 is 0 Å². The lowest BCUT2D eigenvalue weighted by molar-refractivity contribution is 0.107. The maximum atomic E-state index is 5.89. The van der Waals surface area contributed by atoms with E-state index in [0.29, 0.717) is 13.2 Å². The van der Waals surface area contributed by atoms with Crippen LogP contribution in [0.4, 0.5) is 0 Å². The average molecular weight is 503 g/mol. The molecule has 0 aliphatic carbocycles. The van der Waals surface area contributed by atoms with E-state index in [9.17, 15) is 0 Å². The highest BCUT2D eigenvalue weighted by molar-refractivity contribution is 5.55. The van der Waals surface area contributed by atoms with E-state index in [4.69, 9.17) is 39.9 Å². The average Bonchev–Trinajstić information content (AvgIpc) is 2.87. The first-order chi connectivity index (χ1) is 17.3. The summed E-state index contributed by atoms with van der Waals surface area (Å²) in [6, 6.07) is 4.27. The number of hydrogen-bond donors (Lipinski definition) is 2. The Balaban J connectivity index is 0.000000201. The van der Waals surface area contributed by atoms with Gasteiger partial charge in [0.25, 0.3) is 0 Å². The van der Waals surface area contributed by atoms with Crippen LogP contribution in [0.1, 0.15) is 47.2 Å². The van der Waals surface area contributed by atoms with E-state index in [-0.39, 0.29) is 12.1 Å². The van der Waals surface area contributed by atoms with Crippen LogP contribution < -0.4 is 30.4 Å². The summed E-state index contributed by atoms with van der Waals surface area (Å²) in [5.74, 6) is 3.65. The number of hydrogen-bond acceptors (Lipinski definition) is 8. The molecule has 0 aromatic heterocycles. The SMILES string of the molecule is COc1cc(CC(C)N)c(OC)c2c1CCOC2.COc1cc(CC(C)N)c(OC)c2c1CCOC2. The molecule has 2 unspecified atom stereocenters. The zero-order valence-corrected chi connectivity index (χ0v) is 22.6. The van der Waals surface area contributed by atoms with Gasteiger partial charge in [-0.1, -0.05) is 0 Å². The Morgan fingerprint density at radius 1 is 0.667 bits per heavy atom. The van der Waals surface area contributed by atoms with Gasteiger partial charge in [0, 0.05) is 34.3 Å². The van der Waals surface area contributed by atoms with Gasteiger partial charge in [-0.15, -0.1) is 0 Å². The summed E-state index contributed by atoms with van der Waals surface area (Å²) in [6.07, 6.45) is 3.28. The molecular formula is C28H42N2O6. The molecule has 2 atom stereocenters. The molecule has 0 fully saturated rings. The second kappa shape index (κ2) is 13.1. The fourth-order valence-electron chi connectivity index (χ4n) is 5.00. The van der Waals surface area contributed by atoms with Gasteiger partial charge in [-0.2, -0.15) is 0 Å². The first-order valence-electron chi connectivity index (χ1n) is 12.5. The highest BCUT2D eigenvalue weighted by Gasteiger charge is 2.24. The number of nitrogens with two attached hydrogens (primary N) is 2. The Kier molecular flexibility index (Phi) is 10.2. The zero-order chi connectivity index (χ0) is 26.2. The van der Waals surface area contributed by atoms with Crippen molar-refractivity contribution in [1.82, 2.24) is 0 Å². The maximum absolute atomic E-state index is 5.89. The number of fused-ring (bicyclic) bond motifs is 2. The van der Waals surface area contributed by atoms with Crippen molar-refractivity contribution in [3.8, 4) is 23.0 Å². The minimum absolute atomic E-state index is 0.0890. The van der Waals surface area contributed by atoms with Gasteiger partial charge in [0.1, 0.15) is 23.0 Å². The molecular weight excluding hydrogens is 460 g/mol. The first kappa shape index (κ1) is 28.1. The van der Waals surface area contributed by atoms with Crippen molar-refractivity contribution in [1.29, 1.82) is 0 Å². The lowest BCUT2D eigenvalue weighted by atomic mass is 9.95. The largest absolute Gasteiger partial charge is 0.496 e. The Labute approximate surface area is 215 Å². The number of methoxy groups -OCH3 is 4. The molecule has 0 bridgehead atoms. The van der Waals surface area contributed by atoms with Crippen LogP contribution in [0.5, 0.6) is 23.0 Å². The predicted octanol–water partition coefficient (Wildman–Crippen LogP) is 3.33. The smallest absolute Gasteiger partial charge is 0.128 e. The van der Waals surface area contributed by atoms with Crippen molar-refractivity contribution in [2.45, 2.75) is 64.8 Å². The van der Waals surface area contributed by atoms with Gasteiger partial charge in [-0.25, -0.2) is 0 Å². The lowest BCUT2D eigenvalue weighted by Crippen LogP contribution is -2.20. The molecule has 2 aliphatic heterocycles. The molecule has 2 aromatic rings. The molecule has 2 aromatic carbocycles. The van der Waals surface area contributed by atoms with Gasteiger partial charge in [0.2, 0.25) is 0 Å². The van der Waals surface area contributed by atoms with E-state index in [1.165, 1.54) is 11.1 Å². The Morgan fingerprint density at radius 2 is 1.06 bits per heavy atom. The molecule has 0 amide bonds. The summed E-state index contributed by atoms with van der Waals surface area (Å²) < 4.78 is 33.1.